The summed E-state index contributed by atoms with van der Waals surface area (Å²) in [6.45, 7) is 4.27. The molecule has 0 saturated heterocycles. The second-order valence-corrected chi connectivity index (χ2v) is 5.81. The van der Waals surface area contributed by atoms with Gasteiger partial charge in [0.15, 0.2) is 0 Å². The number of primary amides is 1. The number of nitrogens with two attached hydrogens (primary N) is 1. The first-order chi connectivity index (χ1) is 11.9. The molecule has 0 atom stereocenters. The minimum atomic E-state index is -0.824. The van der Waals surface area contributed by atoms with Crippen molar-refractivity contribution in [1.29, 1.82) is 5.26 Å². The molecule has 0 aliphatic heterocycles. The molecule has 0 fully saturated rings. The normalized spacial score (nSPS) is 11.2. The molecule has 0 aliphatic rings. The van der Waals surface area contributed by atoms with Gasteiger partial charge in [-0.05, 0) is 30.2 Å². The summed E-state index contributed by atoms with van der Waals surface area (Å²) < 4.78 is 10.8. The van der Waals surface area contributed by atoms with Crippen molar-refractivity contribution >= 4 is 18.0 Å². The molecule has 0 bridgehead atoms. The first kappa shape index (κ1) is 18.0. The van der Waals surface area contributed by atoms with Crippen molar-refractivity contribution in [3.63, 3.8) is 0 Å². The van der Waals surface area contributed by atoms with Gasteiger partial charge in [-0.3, -0.25) is 4.79 Å². The van der Waals surface area contributed by atoms with Gasteiger partial charge >= 0.3 is 5.97 Å². The lowest BCUT2D eigenvalue weighted by Crippen LogP contribution is -2.12. The summed E-state index contributed by atoms with van der Waals surface area (Å²) in [5, 5.41) is 8.86. The number of ether oxygens (including phenoxy) is 1. The van der Waals surface area contributed by atoms with Gasteiger partial charge in [0.25, 0.3) is 5.91 Å². The van der Waals surface area contributed by atoms with E-state index in [2.05, 4.69) is 0 Å². The molecular weight excluding hydrogens is 320 g/mol. The van der Waals surface area contributed by atoms with Crippen molar-refractivity contribution in [3.05, 3.63) is 53.3 Å². The molecule has 0 spiro atoms. The van der Waals surface area contributed by atoms with Crippen LogP contribution in [0.2, 0.25) is 0 Å². The van der Waals surface area contributed by atoms with Gasteiger partial charge < -0.3 is 14.9 Å². The van der Waals surface area contributed by atoms with Crippen LogP contribution >= 0.6 is 0 Å². The summed E-state index contributed by atoms with van der Waals surface area (Å²) in [4.78, 5) is 23.1. The molecule has 2 N–H and O–H groups in total. The lowest BCUT2D eigenvalue weighted by Gasteiger charge is -2.07. The van der Waals surface area contributed by atoms with E-state index >= 15 is 0 Å². The lowest BCUT2D eigenvalue weighted by molar-refractivity contribution is -0.114. The summed E-state index contributed by atoms with van der Waals surface area (Å²) in [6, 6.07) is 11.8. The van der Waals surface area contributed by atoms with E-state index in [4.69, 9.17) is 20.1 Å². The van der Waals surface area contributed by atoms with Crippen LogP contribution in [-0.4, -0.2) is 18.5 Å². The van der Waals surface area contributed by atoms with E-state index in [0.29, 0.717) is 29.3 Å². The number of carbonyl (C=O) groups excluding carboxylic acids is 2. The SMILES string of the molecule is CC(C)COC(=O)c1cccc(-c2ccc(/C=C(\C#N)C(N)=O)o2)c1. The summed E-state index contributed by atoms with van der Waals surface area (Å²) >= 11 is 0. The van der Waals surface area contributed by atoms with Crippen LogP contribution in [0.5, 0.6) is 0 Å². The van der Waals surface area contributed by atoms with E-state index < -0.39 is 11.9 Å². The molecule has 1 heterocycles. The van der Waals surface area contributed by atoms with Gasteiger partial charge in [-0.15, -0.1) is 0 Å². The Morgan fingerprint density at radius 3 is 2.72 bits per heavy atom. The topological polar surface area (TPSA) is 106 Å². The highest BCUT2D eigenvalue weighted by molar-refractivity contribution is 6.00. The Kier molecular flexibility index (Phi) is 5.75. The van der Waals surface area contributed by atoms with Gasteiger partial charge in [-0.25, -0.2) is 4.79 Å². The minimum absolute atomic E-state index is 0.202. The number of carbonyl (C=O) groups is 2. The average Bonchev–Trinajstić information content (AvgIpc) is 3.06. The molecule has 128 valence electrons. The molecule has 0 unspecified atom stereocenters. The number of rotatable bonds is 6. The molecule has 2 aromatic rings. The van der Waals surface area contributed by atoms with E-state index in [0.717, 1.165) is 0 Å². The molecule has 0 radical (unpaired) electrons. The maximum atomic E-state index is 12.0. The summed E-state index contributed by atoms with van der Waals surface area (Å²) in [5.41, 5.74) is 5.99. The highest BCUT2D eigenvalue weighted by atomic mass is 16.5. The van der Waals surface area contributed by atoms with Crippen molar-refractivity contribution in [2.24, 2.45) is 11.7 Å². The zero-order valence-electron chi connectivity index (χ0n) is 14.0. The Labute approximate surface area is 145 Å². The predicted molar refractivity (Wildman–Crippen MR) is 92.0 cm³/mol. The number of hydrogen-bond donors (Lipinski definition) is 1. The maximum absolute atomic E-state index is 12.0. The van der Waals surface area contributed by atoms with Crippen LogP contribution < -0.4 is 5.73 Å². The van der Waals surface area contributed by atoms with Crippen molar-refractivity contribution in [3.8, 4) is 17.4 Å². The molecule has 1 aromatic carbocycles. The molecular formula is C19H18N2O4. The van der Waals surface area contributed by atoms with Crippen LogP contribution in [0.1, 0.15) is 30.0 Å². The lowest BCUT2D eigenvalue weighted by atomic mass is 10.1. The van der Waals surface area contributed by atoms with Crippen LogP contribution in [0.15, 0.2) is 46.4 Å². The Bertz CT molecular complexity index is 856. The second-order valence-electron chi connectivity index (χ2n) is 5.81. The van der Waals surface area contributed by atoms with Gasteiger partial charge in [-0.1, -0.05) is 26.0 Å². The number of nitriles is 1. The quantitative estimate of drug-likeness (QED) is 0.494. The van der Waals surface area contributed by atoms with Crippen molar-refractivity contribution in [2.45, 2.75) is 13.8 Å². The number of esters is 1. The predicted octanol–water partition coefficient (Wildman–Crippen LogP) is 3.15. The molecule has 1 aromatic heterocycles. The minimum Gasteiger partial charge on any atom is -0.462 e. The Morgan fingerprint density at radius 1 is 1.32 bits per heavy atom. The largest absolute Gasteiger partial charge is 0.462 e. The van der Waals surface area contributed by atoms with Gasteiger partial charge in [0.1, 0.15) is 23.2 Å². The van der Waals surface area contributed by atoms with Crippen molar-refractivity contribution in [1.82, 2.24) is 0 Å². The highest BCUT2D eigenvalue weighted by Crippen LogP contribution is 2.24. The first-order valence-electron chi connectivity index (χ1n) is 7.69. The molecule has 0 aliphatic carbocycles. The van der Waals surface area contributed by atoms with E-state index in [-0.39, 0.29) is 11.5 Å². The Hall–Kier alpha value is -3.33. The monoisotopic (exact) mass is 338 g/mol. The smallest absolute Gasteiger partial charge is 0.338 e. The number of benzene rings is 1. The number of furan rings is 1. The fraction of sp³-hybridized carbons (Fsp3) is 0.211. The van der Waals surface area contributed by atoms with Gasteiger partial charge in [0.05, 0.1) is 12.2 Å². The van der Waals surface area contributed by atoms with Crippen LogP contribution in [0.25, 0.3) is 17.4 Å². The average molecular weight is 338 g/mol. The first-order valence-corrected chi connectivity index (χ1v) is 7.69. The zero-order chi connectivity index (χ0) is 18.4. The molecule has 25 heavy (non-hydrogen) atoms. The fourth-order valence-corrected chi connectivity index (χ4v) is 2.01. The van der Waals surface area contributed by atoms with E-state index in [1.165, 1.54) is 6.08 Å². The third kappa shape index (κ3) is 4.82. The number of amides is 1. The maximum Gasteiger partial charge on any atom is 0.338 e. The third-order valence-corrected chi connectivity index (χ3v) is 3.23. The molecule has 6 nitrogen and oxygen atoms in total. The standard InChI is InChI=1S/C19H18N2O4/c1-12(2)11-24-19(23)14-5-3-4-13(8-14)17-7-6-16(25-17)9-15(10-20)18(21)22/h3-9,12H,11H2,1-2H3,(H2,21,22)/b15-9+. The number of nitrogens with zero attached hydrogens (tertiary/aromatic N) is 1. The van der Waals surface area contributed by atoms with E-state index in [1.54, 1.807) is 42.5 Å². The van der Waals surface area contributed by atoms with Crippen LogP contribution in [0, 0.1) is 17.2 Å². The molecule has 1 amide bonds. The highest BCUT2D eigenvalue weighted by Gasteiger charge is 2.12. The van der Waals surface area contributed by atoms with Crippen LogP contribution in [-0.2, 0) is 9.53 Å². The summed E-state index contributed by atoms with van der Waals surface area (Å²) in [6.07, 6.45) is 1.27. The summed E-state index contributed by atoms with van der Waals surface area (Å²) in [7, 11) is 0. The van der Waals surface area contributed by atoms with Crippen molar-refractivity contribution < 1.29 is 18.7 Å². The van der Waals surface area contributed by atoms with Gasteiger partial charge in [0, 0.05) is 11.6 Å². The van der Waals surface area contributed by atoms with Crippen LogP contribution in [0.3, 0.4) is 0 Å². The van der Waals surface area contributed by atoms with E-state index in [1.807, 2.05) is 13.8 Å². The third-order valence-electron chi connectivity index (χ3n) is 3.23. The Morgan fingerprint density at radius 2 is 2.08 bits per heavy atom. The fourth-order valence-electron chi connectivity index (χ4n) is 2.01. The second kappa shape index (κ2) is 7.97. The summed E-state index contributed by atoms with van der Waals surface area (Å²) in [5.74, 6) is -0.158. The molecule has 6 heteroatoms. The van der Waals surface area contributed by atoms with Gasteiger partial charge in [0.2, 0.25) is 0 Å². The van der Waals surface area contributed by atoms with Gasteiger partial charge in [-0.2, -0.15) is 5.26 Å². The Balaban J connectivity index is 2.23. The molecule has 0 saturated carbocycles. The van der Waals surface area contributed by atoms with Crippen LogP contribution in [0.4, 0.5) is 0 Å². The van der Waals surface area contributed by atoms with Crippen molar-refractivity contribution in [2.75, 3.05) is 6.61 Å². The molecule has 2 rings (SSSR count). The van der Waals surface area contributed by atoms with E-state index in [9.17, 15) is 9.59 Å². The number of hydrogen-bond acceptors (Lipinski definition) is 5. The zero-order valence-corrected chi connectivity index (χ0v) is 14.0.